The number of thiophene rings is 1. The maximum Gasteiger partial charge on any atom is 0.0753 e. The molecule has 1 aromatic carbocycles. The van der Waals surface area contributed by atoms with Gasteiger partial charge in [0.25, 0.3) is 0 Å². The van der Waals surface area contributed by atoms with Crippen molar-refractivity contribution in [2.75, 3.05) is 18.5 Å². The minimum Gasteiger partial charge on any atom is -0.365 e. The highest BCUT2D eigenvalue weighted by Gasteiger charge is 2.18. The molecule has 0 spiro atoms. The first-order valence-electron chi connectivity index (χ1n) is 6.17. The largest absolute Gasteiger partial charge is 0.365 e. The summed E-state index contributed by atoms with van der Waals surface area (Å²) in [6.07, 6.45) is 0. The average molecular weight is 260 g/mol. The fourth-order valence-electron chi connectivity index (χ4n) is 2.32. The van der Waals surface area contributed by atoms with Crippen molar-refractivity contribution in [3.05, 3.63) is 51.7 Å². The van der Waals surface area contributed by atoms with Crippen LogP contribution in [-0.2, 0) is 0 Å². The second-order valence-electron chi connectivity index (χ2n) is 4.67. The Kier molecular flexibility index (Phi) is 4.04. The summed E-state index contributed by atoms with van der Waals surface area (Å²) < 4.78 is 0. The lowest BCUT2D eigenvalue weighted by molar-refractivity contribution is 0.691. The van der Waals surface area contributed by atoms with Crippen molar-refractivity contribution in [1.82, 2.24) is 0 Å². The molecule has 0 bridgehead atoms. The Balaban J connectivity index is 2.31. The van der Waals surface area contributed by atoms with Gasteiger partial charge in [-0.15, -0.1) is 11.3 Å². The highest BCUT2D eigenvalue weighted by molar-refractivity contribution is 7.10. The van der Waals surface area contributed by atoms with Gasteiger partial charge in [0.1, 0.15) is 0 Å². The molecule has 1 heterocycles. The van der Waals surface area contributed by atoms with Gasteiger partial charge in [-0.1, -0.05) is 23.8 Å². The topological polar surface area (TPSA) is 29.3 Å². The normalized spacial score (nSPS) is 12.4. The van der Waals surface area contributed by atoms with Crippen LogP contribution in [0, 0.1) is 13.8 Å². The number of aryl methyl sites for hydroxylation is 2. The summed E-state index contributed by atoms with van der Waals surface area (Å²) in [4.78, 5) is 3.60. The first-order valence-corrected chi connectivity index (χ1v) is 7.05. The highest BCUT2D eigenvalue weighted by atomic mass is 32.1. The summed E-state index contributed by atoms with van der Waals surface area (Å²) >= 11 is 1.77. The Labute approximate surface area is 113 Å². The van der Waals surface area contributed by atoms with Gasteiger partial charge in [-0.05, 0) is 36.9 Å². The Morgan fingerprint density at radius 2 is 2.06 bits per heavy atom. The van der Waals surface area contributed by atoms with E-state index < -0.39 is 0 Å². The van der Waals surface area contributed by atoms with Gasteiger partial charge in [0, 0.05) is 24.2 Å². The lowest BCUT2D eigenvalue weighted by Gasteiger charge is -2.29. The average Bonchev–Trinajstić information content (AvgIpc) is 2.83. The zero-order valence-electron chi connectivity index (χ0n) is 11.2. The molecule has 3 heteroatoms. The molecule has 0 saturated heterocycles. The molecular weight excluding hydrogens is 240 g/mol. The van der Waals surface area contributed by atoms with E-state index in [2.05, 4.69) is 61.5 Å². The Bertz CT molecular complexity index is 505. The van der Waals surface area contributed by atoms with Crippen LogP contribution in [0.4, 0.5) is 5.69 Å². The van der Waals surface area contributed by atoms with Crippen molar-refractivity contribution >= 4 is 17.0 Å². The first-order chi connectivity index (χ1) is 8.63. The Hall–Kier alpha value is -1.32. The van der Waals surface area contributed by atoms with Crippen molar-refractivity contribution < 1.29 is 0 Å². The van der Waals surface area contributed by atoms with E-state index in [1.54, 1.807) is 11.3 Å². The van der Waals surface area contributed by atoms with E-state index in [-0.39, 0.29) is 6.04 Å². The summed E-state index contributed by atoms with van der Waals surface area (Å²) in [6, 6.07) is 11.0. The third kappa shape index (κ3) is 2.57. The molecule has 0 amide bonds. The van der Waals surface area contributed by atoms with Crippen LogP contribution >= 0.6 is 11.3 Å². The molecule has 2 nitrogen and oxygen atoms in total. The molecule has 2 rings (SSSR count). The van der Waals surface area contributed by atoms with E-state index >= 15 is 0 Å². The van der Waals surface area contributed by atoms with E-state index in [0.717, 1.165) is 0 Å². The van der Waals surface area contributed by atoms with Gasteiger partial charge < -0.3 is 10.6 Å². The third-order valence-electron chi connectivity index (χ3n) is 3.29. The molecule has 0 aliphatic rings. The summed E-state index contributed by atoms with van der Waals surface area (Å²) in [5, 5.41) is 2.10. The van der Waals surface area contributed by atoms with E-state index in [0.29, 0.717) is 6.54 Å². The lowest BCUT2D eigenvalue weighted by Crippen LogP contribution is -2.30. The fraction of sp³-hybridized carbons (Fsp3) is 0.333. The van der Waals surface area contributed by atoms with E-state index in [4.69, 9.17) is 5.73 Å². The van der Waals surface area contributed by atoms with Gasteiger partial charge in [-0.25, -0.2) is 0 Å². The molecule has 96 valence electrons. The van der Waals surface area contributed by atoms with Crippen molar-refractivity contribution in [3.63, 3.8) is 0 Å². The fourth-order valence-corrected chi connectivity index (χ4v) is 3.20. The minimum absolute atomic E-state index is 0.256. The van der Waals surface area contributed by atoms with Gasteiger partial charge >= 0.3 is 0 Å². The molecule has 2 aromatic rings. The number of rotatable bonds is 4. The molecular formula is C15H20N2S. The predicted octanol–water partition coefficient (Wildman–Crippen LogP) is 3.50. The molecule has 18 heavy (non-hydrogen) atoms. The molecule has 2 N–H and O–H groups in total. The zero-order chi connectivity index (χ0) is 13.1. The molecule has 0 saturated carbocycles. The van der Waals surface area contributed by atoms with Crippen LogP contribution < -0.4 is 10.6 Å². The summed E-state index contributed by atoms with van der Waals surface area (Å²) in [7, 11) is 2.12. The Morgan fingerprint density at radius 1 is 1.28 bits per heavy atom. The number of likely N-dealkylation sites (N-methyl/N-ethyl adjacent to an activating group) is 1. The van der Waals surface area contributed by atoms with Crippen LogP contribution in [-0.4, -0.2) is 13.6 Å². The van der Waals surface area contributed by atoms with Crippen LogP contribution in [0.15, 0.2) is 35.7 Å². The third-order valence-corrected chi connectivity index (χ3v) is 4.27. The standard InChI is InChI=1S/C15H20N2S/c1-11-6-7-13(12(2)9-11)17(3)14(10-16)15-5-4-8-18-15/h4-9,14H,10,16H2,1-3H3. The zero-order valence-corrected chi connectivity index (χ0v) is 12.0. The van der Waals surface area contributed by atoms with Crippen LogP contribution in [0.2, 0.25) is 0 Å². The van der Waals surface area contributed by atoms with Crippen LogP contribution in [0.25, 0.3) is 0 Å². The van der Waals surface area contributed by atoms with Crippen LogP contribution in [0.1, 0.15) is 22.0 Å². The summed E-state index contributed by atoms with van der Waals surface area (Å²) in [5.74, 6) is 0. The van der Waals surface area contributed by atoms with Gasteiger partial charge in [0.15, 0.2) is 0 Å². The molecule has 0 aliphatic carbocycles. The number of nitrogens with zero attached hydrogens (tertiary/aromatic N) is 1. The van der Waals surface area contributed by atoms with Gasteiger partial charge in [-0.2, -0.15) is 0 Å². The quantitative estimate of drug-likeness (QED) is 0.911. The number of hydrogen-bond donors (Lipinski definition) is 1. The monoisotopic (exact) mass is 260 g/mol. The summed E-state index contributed by atoms with van der Waals surface area (Å²) in [5.41, 5.74) is 9.80. The van der Waals surface area contributed by atoms with Gasteiger partial charge in [0.2, 0.25) is 0 Å². The van der Waals surface area contributed by atoms with E-state index in [1.165, 1.54) is 21.7 Å². The lowest BCUT2D eigenvalue weighted by atomic mass is 10.1. The SMILES string of the molecule is Cc1ccc(N(C)C(CN)c2cccs2)c(C)c1. The maximum atomic E-state index is 5.95. The highest BCUT2D eigenvalue weighted by Crippen LogP contribution is 2.30. The van der Waals surface area contributed by atoms with Crippen molar-refractivity contribution in [1.29, 1.82) is 0 Å². The smallest absolute Gasteiger partial charge is 0.0753 e. The number of nitrogens with two attached hydrogens (primary N) is 1. The molecule has 1 unspecified atom stereocenters. The number of benzene rings is 1. The Morgan fingerprint density at radius 3 is 2.61 bits per heavy atom. The van der Waals surface area contributed by atoms with Gasteiger partial charge in [0.05, 0.1) is 6.04 Å². The first kappa shape index (κ1) is 13.1. The number of hydrogen-bond acceptors (Lipinski definition) is 3. The summed E-state index contributed by atoms with van der Waals surface area (Å²) in [6.45, 7) is 4.90. The van der Waals surface area contributed by atoms with Gasteiger partial charge in [-0.3, -0.25) is 0 Å². The van der Waals surface area contributed by atoms with Crippen molar-refractivity contribution in [2.45, 2.75) is 19.9 Å². The number of anilines is 1. The van der Waals surface area contributed by atoms with Crippen molar-refractivity contribution in [3.8, 4) is 0 Å². The van der Waals surface area contributed by atoms with Crippen LogP contribution in [0.3, 0.4) is 0 Å². The second kappa shape index (κ2) is 5.55. The maximum absolute atomic E-state index is 5.95. The molecule has 0 fully saturated rings. The van der Waals surface area contributed by atoms with E-state index in [1.807, 2.05) is 0 Å². The molecule has 1 aromatic heterocycles. The molecule has 0 radical (unpaired) electrons. The van der Waals surface area contributed by atoms with Crippen LogP contribution in [0.5, 0.6) is 0 Å². The second-order valence-corrected chi connectivity index (χ2v) is 5.65. The minimum atomic E-state index is 0.256. The van der Waals surface area contributed by atoms with E-state index in [9.17, 15) is 0 Å². The van der Waals surface area contributed by atoms with Crippen molar-refractivity contribution in [2.24, 2.45) is 5.73 Å². The predicted molar refractivity (Wildman–Crippen MR) is 80.4 cm³/mol. The molecule has 1 atom stereocenters. The molecule has 0 aliphatic heterocycles.